The first-order chi connectivity index (χ1) is 5.97. The largest absolute Gasteiger partial charge is 0.270 e. The van der Waals surface area contributed by atoms with Crippen LogP contribution in [0, 0.1) is 24.5 Å². The molecule has 4 heteroatoms. The number of thiocyanates is 1. The summed E-state index contributed by atoms with van der Waals surface area (Å²) in [4.78, 5) is 0.0978. The van der Waals surface area contributed by atoms with Gasteiger partial charge >= 0.3 is 0 Å². The molecule has 1 rings (SSSR count). The van der Waals surface area contributed by atoms with Crippen LogP contribution in [0.4, 0.5) is 0 Å². The second-order valence-corrected chi connectivity index (χ2v) is 4.49. The quantitative estimate of drug-likeness (QED) is 0.504. The van der Waals surface area contributed by atoms with Crippen molar-refractivity contribution in [2.75, 3.05) is 0 Å². The molecule has 3 nitrogen and oxygen atoms in total. The zero-order valence-corrected chi connectivity index (χ0v) is 8.22. The molecule has 0 bridgehead atoms. The van der Waals surface area contributed by atoms with Gasteiger partial charge < -0.3 is 0 Å². The Morgan fingerprint density at radius 2 is 1.92 bits per heavy atom. The fourth-order valence-electron chi connectivity index (χ4n) is 1.15. The van der Waals surface area contributed by atoms with E-state index in [-0.39, 0.29) is 4.90 Å². The second kappa shape index (κ2) is 3.19. The number of hydrogen-bond acceptors (Lipinski definition) is 3. The van der Waals surface area contributed by atoms with Crippen LogP contribution >= 0.6 is 0 Å². The van der Waals surface area contributed by atoms with E-state index >= 15 is 0 Å². The predicted octanol–water partition coefficient (Wildman–Crippen LogP) is 1.56. The summed E-state index contributed by atoms with van der Waals surface area (Å²) in [6, 6.07) is 4.88. The Hall–Kier alpha value is -1.34. The van der Waals surface area contributed by atoms with Gasteiger partial charge in [-0.05, 0) is 25.5 Å². The molecule has 1 aromatic rings. The SMILES string of the molecule is Cc1ccc(S(=O)(=O)C#N)c(C)c1. The minimum atomic E-state index is -3.74. The highest BCUT2D eigenvalue weighted by Crippen LogP contribution is 2.16. The van der Waals surface area contributed by atoms with Crippen molar-refractivity contribution >= 4 is 9.84 Å². The molecule has 0 atom stereocenters. The smallest absolute Gasteiger partial charge is 0.208 e. The molecule has 0 spiro atoms. The minimum absolute atomic E-state index is 0.0978. The van der Waals surface area contributed by atoms with E-state index in [1.807, 2.05) is 6.92 Å². The molecule has 0 aliphatic rings. The lowest BCUT2D eigenvalue weighted by Gasteiger charge is -2.01. The van der Waals surface area contributed by atoms with Crippen molar-refractivity contribution in [2.24, 2.45) is 0 Å². The molecule has 0 aromatic heterocycles. The number of nitriles is 1. The second-order valence-electron chi connectivity index (χ2n) is 2.86. The Kier molecular flexibility index (Phi) is 2.39. The van der Waals surface area contributed by atoms with Gasteiger partial charge in [-0.1, -0.05) is 17.7 Å². The summed E-state index contributed by atoms with van der Waals surface area (Å²) in [5.41, 5.74) is 1.59. The number of aryl methyl sites for hydroxylation is 2. The molecule has 0 amide bonds. The summed E-state index contributed by atoms with van der Waals surface area (Å²) in [5.74, 6) is 0. The zero-order valence-electron chi connectivity index (χ0n) is 7.40. The summed E-state index contributed by atoms with van der Waals surface area (Å²) in [6.45, 7) is 3.55. The first kappa shape index (κ1) is 9.75. The summed E-state index contributed by atoms with van der Waals surface area (Å²) >= 11 is 0. The van der Waals surface area contributed by atoms with E-state index in [1.54, 1.807) is 19.1 Å². The first-order valence-electron chi connectivity index (χ1n) is 3.70. The molecule has 0 saturated carbocycles. The van der Waals surface area contributed by atoms with Gasteiger partial charge in [0, 0.05) is 0 Å². The van der Waals surface area contributed by atoms with Gasteiger partial charge in [0.15, 0.2) is 5.40 Å². The third-order valence-electron chi connectivity index (χ3n) is 1.74. The maximum absolute atomic E-state index is 11.2. The van der Waals surface area contributed by atoms with Gasteiger partial charge in [0.25, 0.3) is 9.84 Å². The molecule has 0 aliphatic heterocycles. The first-order valence-corrected chi connectivity index (χ1v) is 5.19. The van der Waals surface area contributed by atoms with Crippen molar-refractivity contribution in [3.63, 3.8) is 0 Å². The van der Waals surface area contributed by atoms with E-state index in [0.29, 0.717) is 5.56 Å². The van der Waals surface area contributed by atoms with Crippen molar-refractivity contribution < 1.29 is 8.42 Å². The van der Waals surface area contributed by atoms with Gasteiger partial charge in [0.05, 0.1) is 4.90 Å². The highest BCUT2D eigenvalue weighted by atomic mass is 32.2. The fourth-order valence-corrected chi connectivity index (χ4v) is 1.98. The molecule has 0 fully saturated rings. The number of hydrogen-bond donors (Lipinski definition) is 0. The van der Waals surface area contributed by atoms with Crippen LogP contribution in [-0.4, -0.2) is 8.42 Å². The van der Waals surface area contributed by atoms with Gasteiger partial charge in [-0.2, -0.15) is 5.26 Å². The van der Waals surface area contributed by atoms with Crippen LogP contribution in [0.15, 0.2) is 23.1 Å². The zero-order chi connectivity index (χ0) is 10.1. The van der Waals surface area contributed by atoms with Crippen LogP contribution in [0.25, 0.3) is 0 Å². The van der Waals surface area contributed by atoms with Gasteiger partial charge in [-0.3, -0.25) is 0 Å². The van der Waals surface area contributed by atoms with Crippen LogP contribution in [-0.2, 0) is 9.84 Å². The molecule has 0 N–H and O–H groups in total. The summed E-state index contributed by atoms with van der Waals surface area (Å²) in [7, 11) is -3.74. The van der Waals surface area contributed by atoms with E-state index in [9.17, 15) is 8.42 Å². The Bertz CT molecular complexity index is 469. The number of nitrogens with zero attached hydrogens (tertiary/aromatic N) is 1. The normalized spacial score (nSPS) is 10.8. The number of sulfone groups is 1. The fraction of sp³-hybridized carbons (Fsp3) is 0.222. The Labute approximate surface area is 77.5 Å². The van der Waals surface area contributed by atoms with E-state index in [4.69, 9.17) is 5.26 Å². The lowest BCUT2D eigenvalue weighted by molar-refractivity contribution is 0.605. The molecular formula is C9H9NO2S. The molecule has 0 unspecified atom stereocenters. The number of rotatable bonds is 1. The maximum Gasteiger partial charge on any atom is 0.270 e. The highest BCUT2D eigenvalue weighted by molar-refractivity contribution is 7.96. The van der Waals surface area contributed by atoms with Crippen molar-refractivity contribution in [3.8, 4) is 5.40 Å². The average Bonchev–Trinajstić information content (AvgIpc) is 2.03. The molecule has 13 heavy (non-hydrogen) atoms. The molecule has 0 saturated heterocycles. The van der Waals surface area contributed by atoms with E-state index in [2.05, 4.69) is 0 Å². The maximum atomic E-state index is 11.2. The van der Waals surface area contributed by atoms with Crippen LogP contribution in [0.1, 0.15) is 11.1 Å². The summed E-state index contributed by atoms with van der Waals surface area (Å²) < 4.78 is 22.3. The van der Waals surface area contributed by atoms with Crippen LogP contribution < -0.4 is 0 Å². The van der Waals surface area contributed by atoms with Gasteiger partial charge in [-0.15, -0.1) is 0 Å². The monoisotopic (exact) mass is 195 g/mol. The highest BCUT2D eigenvalue weighted by Gasteiger charge is 2.14. The molecular weight excluding hydrogens is 186 g/mol. The van der Waals surface area contributed by atoms with Crippen molar-refractivity contribution in [1.82, 2.24) is 0 Å². The van der Waals surface area contributed by atoms with Gasteiger partial charge in [0.1, 0.15) is 0 Å². The van der Waals surface area contributed by atoms with Gasteiger partial charge in [0.2, 0.25) is 0 Å². The Morgan fingerprint density at radius 1 is 1.31 bits per heavy atom. The molecule has 68 valence electrons. The number of benzene rings is 1. The van der Waals surface area contributed by atoms with Crippen molar-refractivity contribution in [2.45, 2.75) is 18.7 Å². The topological polar surface area (TPSA) is 57.9 Å². The van der Waals surface area contributed by atoms with Crippen molar-refractivity contribution in [3.05, 3.63) is 29.3 Å². The van der Waals surface area contributed by atoms with Crippen LogP contribution in [0.3, 0.4) is 0 Å². The standard InChI is InChI=1S/C9H9NO2S/c1-7-3-4-9(8(2)5-7)13(11,12)6-10/h3-5H,1-2H3. The Balaban J connectivity index is 3.44. The van der Waals surface area contributed by atoms with Crippen LogP contribution in [0.5, 0.6) is 0 Å². The average molecular weight is 195 g/mol. The Morgan fingerprint density at radius 3 is 2.38 bits per heavy atom. The predicted molar refractivity (Wildman–Crippen MR) is 48.7 cm³/mol. The van der Waals surface area contributed by atoms with Crippen molar-refractivity contribution in [1.29, 1.82) is 5.26 Å². The molecule has 0 heterocycles. The van der Waals surface area contributed by atoms with E-state index < -0.39 is 9.84 Å². The molecule has 0 aliphatic carbocycles. The minimum Gasteiger partial charge on any atom is -0.208 e. The lowest BCUT2D eigenvalue weighted by Crippen LogP contribution is -1.99. The van der Waals surface area contributed by atoms with Crippen LogP contribution in [0.2, 0.25) is 0 Å². The summed E-state index contributed by atoms with van der Waals surface area (Å²) in [6.07, 6.45) is 0. The molecule has 0 radical (unpaired) electrons. The lowest BCUT2D eigenvalue weighted by atomic mass is 10.2. The summed E-state index contributed by atoms with van der Waals surface area (Å²) in [5, 5.41) is 9.69. The van der Waals surface area contributed by atoms with E-state index in [0.717, 1.165) is 5.56 Å². The van der Waals surface area contributed by atoms with E-state index in [1.165, 1.54) is 11.5 Å². The molecule has 1 aromatic carbocycles. The van der Waals surface area contributed by atoms with Gasteiger partial charge in [-0.25, -0.2) is 8.42 Å². The third kappa shape index (κ3) is 1.87. The third-order valence-corrected chi connectivity index (χ3v) is 3.02.